The zero-order chi connectivity index (χ0) is 9.10. The third kappa shape index (κ3) is 1.90. The lowest BCUT2D eigenvalue weighted by Crippen LogP contribution is -2.09. The summed E-state index contributed by atoms with van der Waals surface area (Å²) in [6, 6.07) is 8.90. The Bertz CT molecular complexity index is 392. The minimum absolute atomic E-state index is 1.05. The fourth-order valence-electron chi connectivity index (χ4n) is 1.44. The van der Waals surface area contributed by atoms with Crippen LogP contribution in [0.1, 0.15) is 5.56 Å². The predicted octanol–water partition coefficient (Wildman–Crippen LogP) is 2.66. The Morgan fingerprint density at radius 1 is 1.31 bits per heavy atom. The molecule has 0 bridgehead atoms. The lowest BCUT2D eigenvalue weighted by atomic mass is 10.1. The van der Waals surface area contributed by atoms with Gasteiger partial charge >= 0.3 is 0 Å². The third-order valence-corrected chi connectivity index (χ3v) is 3.08. The van der Waals surface area contributed by atoms with Gasteiger partial charge in [-0.25, -0.2) is 0 Å². The SMILES string of the molecule is CNCCc1ccc2sccc2c1. The summed E-state index contributed by atoms with van der Waals surface area (Å²) in [6.45, 7) is 1.05. The molecule has 0 spiro atoms. The Hall–Kier alpha value is -0.860. The Labute approximate surface area is 82.4 Å². The summed E-state index contributed by atoms with van der Waals surface area (Å²) in [5.74, 6) is 0. The van der Waals surface area contributed by atoms with Gasteiger partial charge in [-0.2, -0.15) is 0 Å². The first-order valence-corrected chi connectivity index (χ1v) is 5.39. The summed E-state index contributed by atoms with van der Waals surface area (Å²) in [6.07, 6.45) is 1.11. The van der Waals surface area contributed by atoms with Gasteiger partial charge in [-0.05, 0) is 48.5 Å². The molecule has 2 heteroatoms. The van der Waals surface area contributed by atoms with Crippen molar-refractivity contribution < 1.29 is 0 Å². The van der Waals surface area contributed by atoms with Crippen LogP contribution in [0.4, 0.5) is 0 Å². The summed E-state index contributed by atoms with van der Waals surface area (Å²) in [5, 5.41) is 6.68. The van der Waals surface area contributed by atoms with Gasteiger partial charge in [-0.15, -0.1) is 11.3 Å². The summed E-state index contributed by atoms with van der Waals surface area (Å²) in [7, 11) is 1.99. The molecule has 0 fully saturated rings. The van der Waals surface area contributed by atoms with Gasteiger partial charge in [-0.3, -0.25) is 0 Å². The maximum Gasteiger partial charge on any atom is 0.0342 e. The number of thiophene rings is 1. The summed E-state index contributed by atoms with van der Waals surface area (Å²) in [5.41, 5.74) is 1.42. The topological polar surface area (TPSA) is 12.0 Å². The molecule has 2 aromatic rings. The quantitative estimate of drug-likeness (QED) is 0.786. The molecule has 1 aromatic carbocycles. The van der Waals surface area contributed by atoms with E-state index in [9.17, 15) is 0 Å². The van der Waals surface area contributed by atoms with Gasteiger partial charge in [0.1, 0.15) is 0 Å². The first-order chi connectivity index (χ1) is 6.40. The average molecular weight is 191 g/mol. The van der Waals surface area contributed by atoms with Gasteiger partial charge < -0.3 is 5.32 Å². The lowest BCUT2D eigenvalue weighted by Gasteiger charge is -2.00. The van der Waals surface area contributed by atoms with Crippen LogP contribution in [-0.4, -0.2) is 13.6 Å². The van der Waals surface area contributed by atoms with Crippen LogP contribution < -0.4 is 5.32 Å². The van der Waals surface area contributed by atoms with E-state index in [0.29, 0.717) is 0 Å². The molecule has 0 saturated carbocycles. The number of benzene rings is 1. The van der Waals surface area contributed by atoms with E-state index in [1.54, 1.807) is 11.3 Å². The van der Waals surface area contributed by atoms with E-state index in [1.165, 1.54) is 15.6 Å². The van der Waals surface area contributed by atoms with Crippen molar-refractivity contribution in [3.8, 4) is 0 Å². The summed E-state index contributed by atoms with van der Waals surface area (Å²) >= 11 is 1.80. The number of fused-ring (bicyclic) bond motifs is 1. The van der Waals surface area contributed by atoms with Gasteiger partial charge in [-0.1, -0.05) is 12.1 Å². The smallest absolute Gasteiger partial charge is 0.0342 e. The molecule has 1 aromatic heterocycles. The number of hydrogen-bond acceptors (Lipinski definition) is 2. The Balaban J connectivity index is 2.26. The number of nitrogens with one attached hydrogen (secondary N) is 1. The Kier molecular flexibility index (Phi) is 2.62. The molecule has 0 radical (unpaired) electrons. The highest BCUT2D eigenvalue weighted by Gasteiger charge is 1.96. The molecule has 0 aliphatic carbocycles. The largest absolute Gasteiger partial charge is 0.319 e. The van der Waals surface area contributed by atoms with Crippen molar-refractivity contribution in [1.29, 1.82) is 0 Å². The van der Waals surface area contributed by atoms with Crippen molar-refractivity contribution >= 4 is 21.4 Å². The van der Waals surface area contributed by atoms with Crippen LogP contribution in [0.2, 0.25) is 0 Å². The van der Waals surface area contributed by atoms with Crippen LogP contribution in [0, 0.1) is 0 Å². The molecule has 0 unspecified atom stereocenters. The molecule has 1 N–H and O–H groups in total. The average Bonchev–Trinajstić information content (AvgIpc) is 2.61. The van der Waals surface area contributed by atoms with Crippen LogP contribution in [0.3, 0.4) is 0 Å². The third-order valence-electron chi connectivity index (χ3n) is 2.18. The van der Waals surface area contributed by atoms with Crippen molar-refractivity contribution in [1.82, 2.24) is 5.32 Å². The van der Waals surface area contributed by atoms with Crippen LogP contribution >= 0.6 is 11.3 Å². The first-order valence-electron chi connectivity index (χ1n) is 4.51. The van der Waals surface area contributed by atoms with Crippen LogP contribution in [-0.2, 0) is 6.42 Å². The summed E-state index contributed by atoms with van der Waals surface area (Å²) in [4.78, 5) is 0. The summed E-state index contributed by atoms with van der Waals surface area (Å²) < 4.78 is 1.38. The molecular formula is C11H13NS. The van der Waals surface area contributed by atoms with Gasteiger partial charge in [0, 0.05) is 4.70 Å². The second-order valence-corrected chi connectivity index (χ2v) is 4.09. The molecule has 0 aliphatic rings. The van der Waals surface area contributed by atoms with E-state index in [1.807, 2.05) is 7.05 Å². The standard InChI is InChI=1S/C11H13NS/c1-12-6-4-9-2-3-11-10(8-9)5-7-13-11/h2-3,5,7-8,12H,4,6H2,1H3. The van der Waals surface area contributed by atoms with Crippen LogP contribution in [0.25, 0.3) is 10.1 Å². The van der Waals surface area contributed by atoms with Crippen LogP contribution in [0.15, 0.2) is 29.6 Å². The second kappa shape index (κ2) is 3.90. The molecule has 2 rings (SSSR count). The van der Waals surface area contributed by atoms with E-state index >= 15 is 0 Å². The van der Waals surface area contributed by atoms with Crippen molar-refractivity contribution in [2.75, 3.05) is 13.6 Å². The van der Waals surface area contributed by atoms with Gasteiger partial charge in [0.25, 0.3) is 0 Å². The zero-order valence-corrected chi connectivity index (χ0v) is 8.53. The Morgan fingerprint density at radius 2 is 2.23 bits per heavy atom. The minimum atomic E-state index is 1.05. The van der Waals surface area contributed by atoms with E-state index in [4.69, 9.17) is 0 Å². The molecule has 0 saturated heterocycles. The molecule has 68 valence electrons. The van der Waals surface area contributed by atoms with Gasteiger partial charge in [0.05, 0.1) is 0 Å². The molecular weight excluding hydrogens is 178 g/mol. The minimum Gasteiger partial charge on any atom is -0.319 e. The molecule has 0 aliphatic heterocycles. The predicted molar refractivity (Wildman–Crippen MR) is 59.5 cm³/mol. The molecule has 1 nitrogen and oxygen atoms in total. The zero-order valence-electron chi connectivity index (χ0n) is 7.71. The van der Waals surface area contributed by atoms with Crippen molar-refractivity contribution in [3.05, 3.63) is 35.2 Å². The molecule has 0 amide bonds. The van der Waals surface area contributed by atoms with E-state index in [0.717, 1.165) is 13.0 Å². The number of likely N-dealkylation sites (N-methyl/N-ethyl adjacent to an activating group) is 1. The maximum atomic E-state index is 3.16. The first kappa shape index (κ1) is 8.73. The highest BCUT2D eigenvalue weighted by molar-refractivity contribution is 7.17. The molecule has 1 heterocycles. The van der Waals surface area contributed by atoms with Gasteiger partial charge in [0.15, 0.2) is 0 Å². The fraction of sp³-hybridized carbons (Fsp3) is 0.273. The lowest BCUT2D eigenvalue weighted by molar-refractivity contribution is 0.792. The van der Waals surface area contributed by atoms with Gasteiger partial charge in [0.2, 0.25) is 0 Å². The van der Waals surface area contributed by atoms with E-state index in [2.05, 4.69) is 35.0 Å². The fourth-order valence-corrected chi connectivity index (χ4v) is 2.21. The number of rotatable bonds is 3. The van der Waals surface area contributed by atoms with E-state index in [-0.39, 0.29) is 0 Å². The monoisotopic (exact) mass is 191 g/mol. The van der Waals surface area contributed by atoms with Crippen LogP contribution in [0.5, 0.6) is 0 Å². The molecule has 0 atom stereocenters. The van der Waals surface area contributed by atoms with Crippen molar-refractivity contribution in [2.24, 2.45) is 0 Å². The highest BCUT2D eigenvalue weighted by Crippen LogP contribution is 2.21. The normalized spacial score (nSPS) is 10.8. The highest BCUT2D eigenvalue weighted by atomic mass is 32.1. The van der Waals surface area contributed by atoms with E-state index < -0.39 is 0 Å². The molecule has 13 heavy (non-hydrogen) atoms. The van der Waals surface area contributed by atoms with Crippen molar-refractivity contribution in [3.63, 3.8) is 0 Å². The van der Waals surface area contributed by atoms with Crippen molar-refractivity contribution in [2.45, 2.75) is 6.42 Å². The number of hydrogen-bond donors (Lipinski definition) is 1. The second-order valence-electron chi connectivity index (χ2n) is 3.15. The Morgan fingerprint density at radius 3 is 3.08 bits per heavy atom. The maximum absolute atomic E-state index is 3.16.